The largest absolute Gasteiger partial charge is 0.573 e. The van der Waals surface area contributed by atoms with Crippen molar-refractivity contribution in [1.29, 1.82) is 0 Å². The number of nitrogens with one attached hydrogen (secondary N) is 2. The van der Waals surface area contributed by atoms with Crippen LogP contribution >= 0.6 is 35.4 Å². The summed E-state index contributed by atoms with van der Waals surface area (Å²) in [5, 5.41) is 12.7. The van der Waals surface area contributed by atoms with E-state index < -0.39 is 6.36 Å². The summed E-state index contributed by atoms with van der Waals surface area (Å²) in [6.07, 6.45) is -1.87. The van der Waals surface area contributed by atoms with E-state index in [1.165, 1.54) is 12.1 Å². The van der Waals surface area contributed by atoms with E-state index >= 15 is 0 Å². The number of hydrogen-bond acceptors (Lipinski definition) is 5. The second kappa shape index (κ2) is 10.8. The van der Waals surface area contributed by atoms with E-state index in [1.807, 2.05) is 18.2 Å². The molecule has 1 aliphatic carbocycles. The molecule has 2 atom stereocenters. The summed E-state index contributed by atoms with van der Waals surface area (Å²) in [6.45, 7) is 0. The maximum Gasteiger partial charge on any atom is 0.573 e. The van der Waals surface area contributed by atoms with Crippen molar-refractivity contribution in [3.8, 4) is 5.75 Å². The number of alkyl halides is 3. The van der Waals surface area contributed by atoms with E-state index in [-0.39, 0.29) is 22.9 Å². The predicted octanol–water partition coefficient (Wildman–Crippen LogP) is 7.25. The van der Waals surface area contributed by atoms with Crippen LogP contribution in [0.15, 0.2) is 70.9 Å². The Bertz CT molecular complexity index is 1430. The summed E-state index contributed by atoms with van der Waals surface area (Å²) in [6, 6.07) is 16.7. The molecule has 0 fully saturated rings. The van der Waals surface area contributed by atoms with Gasteiger partial charge >= 0.3 is 6.36 Å². The molecule has 6 nitrogen and oxygen atoms in total. The highest BCUT2D eigenvalue weighted by atomic mass is 35.5. The van der Waals surface area contributed by atoms with Crippen LogP contribution in [0, 0.1) is 5.92 Å². The molecule has 0 saturated carbocycles. The van der Waals surface area contributed by atoms with E-state index in [0.717, 1.165) is 40.8 Å². The van der Waals surface area contributed by atoms with Gasteiger partial charge in [0.25, 0.3) is 0 Å². The molecule has 2 aliphatic rings. The van der Waals surface area contributed by atoms with E-state index in [2.05, 4.69) is 25.7 Å². The van der Waals surface area contributed by atoms with Crippen molar-refractivity contribution in [1.82, 2.24) is 5.43 Å². The SMILES string of the molecule is FC(F)(F)Oc1ccc(C2ON=C3c4ccc(/C=N/NC(=S)Nc5ccc(Cl)cc5Cl)cc4CCC32)cc1. The van der Waals surface area contributed by atoms with Crippen LogP contribution in [-0.2, 0) is 11.3 Å². The predicted molar refractivity (Wildman–Crippen MR) is 145 cm³/mol. The van der Waals surface area contributed by atoms with Gasteiger partial charge in [-0.2, -0.15) is 5.10 Å². The first-order chi connectivity index (χ1) is 18.2. The second-order valence-corrected chi connectivity index (χ2v) is 9.88. The van der Waals surface area contributed by atoms with Gasteiger partial charge in [0.2, 0.25) is 0 Å². The number of anilines is 1. The van der Waals surface area contributed by atoms with Crippen LogP contribution < -0.4 is 15.5 Å². The summed E-state index contributed by atoms with van der Waals surface area (Å²) in [4.78, 5) is 5.72. The van der Waals surface area contributed by atoms with Gasteiger partial charge in [-0.3, -0.25) is 5.43 Å². The first-order valence-electron chi connectivity index (χ1n) is 11.4. The van der Waals surface area contributed by atoms with Crippen molar-refractivity contribution in [3.05, 3.63) is 93.0 Å². The molecule has 1 heterocycles. The monoisotopic (exact) mass is 578 g/mol. The normalized spacial score (nSPS) is 18.3. The zero-order chi connectivity index (χ0) is 26.9. The number of oxime groups is 1. The molecular formula is C26H19Cl2F3N4O2S. The molecule has 0 saturated heterocycles. The van der Waals surface area contributed by atoms with Crippen molar-refractivity contribution in [3.63, 3.8) is 0 Å². The fourth-order valence-corrected chi connectivity index (χ4v) is 5.07. The lowest BCUT2D eigenvalue weighted by Crippen LogP contribution is -2.25. The molecule has 2 N–H and O–H groups in total. The highest BCUT2D eigenvalue weighted by molar-refractivity contribution is 7.80. The lowest BCUT2D eigenvalue weighted by atomic mass is 9.78. The molecule has 196 valence electrons. The van der Waals surface area contributed by atoms with Crippen molar-refractivity contribution in [2.75, 3.05) is 5.32 Å². The van der Waals surface area contributed by atoms with Crippen LogP contribution in [0.3, 0.4) is 0 Å². The molecule has 12 heteroatoms. The van der Waals surface area contributed by atoms with E-state index in [0.29, 0.717) is 15.7 Å². The van der Waals surface area contributed by atoms with Crippen molar-refractivity contribution < 1.29 is 22.7 Å². The Balaban J connectivity index is 1.21. The average molecular weight is 579 g/mol. The Hall–Kier alpha value is -3.34. The average Bonchev–Trinajstić information content (AvgIpc) is 3.30. The Kier molecular flexibility index (Phi) is 7.47. The van der Waals surface area contributed by atoms with Gasteiger partial charge in [0, 0.05) is 16.5 Å². The summed E-state index contributed by atoms with van der Waals surface area (Å²) < 4.78 is 41.3. The van der Waals surface area contributed by atoms with Crippen LogP contribution in [0.2, 0.25) is 10.0 Å². The summed E-state index contributed by atoms with van der Waals surface area (Å²) >= 11 is 17.3. The lowest BCUT2D eigenvalue weighted by Gasteiger charge is -2.25. The number of thiocarbonyl (C=S) groups is 1. The van der Waals surface area contributed by atoms with Gasteiger partial charge in [-0.05, 0) is 78.1 Å². The smallest absolute Gasteiger partial charge is 0.406 e. The Morgan fingerprint density at radius 1 is 1.11 bits per heavy atom. The molecule has 5 rings (SSSR count). The molecule has 0 amide bonds. The number of hydrogen-bond donors (Lipinski definition) is 2. The third-order valence-electron chi connectivity index (χ3n) is 6.11. The van der Waals surface area contributed by atoms with E-state index in [9.17, 15) is 13.2 Å². The minimum atomic E-state index is -4.73. The number of hydrazone groups is 1. The number of halogens is 5. The number of rotatable bonds is 5. The molecule has 0 spiro atoms. The molecular weight excluding hydrogens is 560 g/mol. The Labute approximate surface area is 231 Å². The number of nitrogens with zero attached hydrogens (tertiary/aromatic N) is 2. The van der Waals surface area contributed by atoms with E-state index in [4.69, 9.17) is 40.3 Å². The summed E-state index contributed by atoms with van der Waals surface area (Å²) in [5.74, 6) is -0.274. The summed E-state index contributed by atoms with van der Waals surface area (Å²) in [7, 11) is 0. The van der Waals surface area contributed by atoms with Crippen LogP contribution in [-0.4, -0.2) is 23.4 Å². The molecule has 0 bridgehead atoms. The first kappa shape index (κ1) is 26.3. The standard InChI is InChI=1S/C26H19Cl2F3N4O2S/c27-17-5-10-22(21(28)12-17)33-25(38)34-32-13-14-1-8-19-16(11-14)4-9-20-23(19)35-37-24(20)15-2-6-18(7-3-15)36-26(29,30)31/h1-3,5-8,10-13,20,24H,4,9H2,(H2,33,34,38)/b32-13+. The van der Waals surface area contributed by atoms with Crippen LogP contribution in [0.4, 0.5) is 18.9 Å². The number of aryl methyl sites for hydroxylation is 1. The zero-order valence-electron chi connectivity index (χ0n) is 19.4. The van der Waals surface area contributed by atoms with Gasteiger partial charge in [0.1, 0.15) is 5.75 Å². The maximum atomic E-state index is 12.4. The van der Waals surface area contributed by atoms with Gasteiger partial charge < -0.3 is 14.9 Å². The van der Waals surface area contributed by atoms with Crippen molar-refractivity contribution in [2.24, 2.45) is 16.2 Å². The maximum absolute atomic E-state index is 12.4. The molecule has 1 aliphatic heterocycles. The zero-order valence-corrected chi connectivity index (χ0v) is 21.8. The van der Waals surface area contributed by atoms with Gasteiger partial charge in [0.05, 0.1) is 22.6 Å². The van der Waals surface area contributed by atoms with Gasteiger partial charge in [0.15, 0.2) is 11.2 Å². The lowest BCUT2D eigenvalue weighted by molar-refractivity contribution is -0.274. The molecule has 3 aromatic carbocycles. The van der Waals surface area contributed by atoms with Gasteiger partial charge in [-0.1, -0.05) is 52.6 Å². The quantitative estimate of drug-likeness (QED) is 0.189. The number of benzene rings is 3. The summed E-state index contributed by atoms with van der Waals surface area (Å²) in [5.41, 5.74) is 7.91. The third kappa shape index (κ3) is 6.03. The minimum absolute atomic E-state index is 0.00112. The van der Waals surface area contributed by atoms with Gasteiger partial charge in [-0.15, -0.1) is 13.2 Å². The van der Waals surface area contributed by atoms with Crippen molar-refractivity contribution in [2.45, 2.75) is 25.3 Å². The number of ether oxygens (including phenoxy) is 1. The molecule has 2 unspecified atom stereocenters. The third-order valence-corrected chi connectivity index (χ3v) is 6.85. The van der Waals surface area contributed by atoms with Crippen LogP contribution in [0.1, 0.15) is 34.8 Å². The van der Waals surface area contributed by atoms with Crippen molar-refractivity contribution >= 4 is 58.1 Å². The molecule has 3 aromatic rings. The fourth-order valence-electron chi connectivity index (χ4n) is 4.46. The molecule has 0 radical (unpaired) electrons. The number of fused-ring (bicyclic) bond motifs is 3. The molecule has 38 heavy (non-hydrogen) atoms. The highest BCUT2D eigenvalue weighted by Gasteiger charge is 2.39. The van der Waals surface area contributed by atoms with E-state index in [1.54, 1.807) is 36.5 Å². The van der Waals surface area contributed by atoms with Gasteiger partial charge in [-0.25, -0.2) is 0 Å². The fraction of sp³-hybridized carbons (Fsp3) is 0.192. The second-order valence-electron chi connectivity index (χ2n) is 8.63. The molecule has 0 aromatic heterocycles. The topological polar surface area (TPSA) is 67.2 Å². The van der Waals surface area contributed by atoms with Crippen LogP contribution in [0.25, 0.3) is 0 Å². The highest BCUT2D eigenvalue weighted by Crippen LogP contribution is 2.42. The Morgan fingerprint density at radius 3 is 2.63 bits per heavy atom. The van der Waals surface area contributed by atoms with Crippen LogP contribution in [0.5, 0.6) is 5.75 Å². The minimum Gasteiger partial charge on any atom is -0.406 e. The first-order valence-corrected chi connectivity index (χ1v) is 12.6. The Morgan fingerprint density at radius 2 is 1.89 bits per heavy atom.